The number of nitrogens with one attached hydrogen (secondary N) is 1. The van der Waals surface area contributed by atoms with Gasteiger partial charge in [0.1, 0.15) is 0 Å². The van der Waals surface area contributed by atoms with Crippen molar-refractivity contribution in [2.24, 2.45) is 7.05 Å². The van der Waals surface area contributed by atoms with Crippen LogP contribution in [0.4, 0.5) is 0 Å². The van der Waals surface area contributed by atoms with Gasteiger partial charge in [-0.05, 0) is 37.1 Å². The lowest BCUT2D eigenvalue weighted by atomic mass is 10.0. The number of aryl methyl sites for hydroxylation is 2. The molecule has 96 valence electrons. The number of hydrogen-bond donors (Lipinski definition) is 1. The normalized spacial score (nSPS) is 20.5. The Morgan fingerprint density at radius 2 is 2.17 bits per heavy atom. The summed E-state index contributed by atoms with van der Waals surface area (Å²) in [6, 6.07) is 6.69. The van der Waals surface area contributed by atoms with Crippen molar-refractivity contribution in [1.29, 1.82) is 0 Å². The van der Waals surface area contributed by atoms with Gasteiger partial charge >= 0.3 is 0 Å². The van der Waals surface area contributed by atoms with E-state index >= 15 is 0 Å². The molecule has 1 atom stereocenters. The Morgan fingerprint density at radius 1 is 1.33 bits per heavy atom. The maximum Gasteiger partial charge on any atom is 0.0950 e. The van der Waals surface area contributed by atoms with Gasteiger partial charge in [0, 0.05) is 36.7 Å². The Labute approximate surface area is 108 Å². The second-order valence-corrected chi connectivity index (χ2v) is 5.11. The first-order valence-corrected chi connectivity index (χ1v) is 6.56. The molecule has 0 bridgehead atoms. The van der Waals surface area contributed by atoms with Crippen molar-refractivity contribution in [3.05, 3.63) is 35.0 Å². The van der Waals surface area contributed by atoms with Crippen molar-refractivity contribution in [3.8, 4) is 0 Å². The second kappa shape index (κ2) is 4.41. The number of nitrogens with zero attached hydrogens (tertiary/aromatic N) is 1. The fourth-order valence-electron chi connectivity index (χ4n) is 2.75. The molecule has 1 aromatic carbocycles. The molecule has 0 radical (unpaired) electrons. The van der Waals surface area contributed by atoms with Gasteiger partial charge in [0.25, 0.3) is 0 Å². The smallest absolute Gasteiger partial charge is 0.0950 e. The largest absolute Gasteiger partial charge is 0.371 e. The summed E-state index contributed by atoms with van der Waals surface area (Å²) in [5.41, 5.74) is 5.30. The fraction of sp³-hybridized carbons (Fsp3) is 0.467. The van der Waals surface area contributed by atoms with Gasteiger partial charge in [0.2, 0.25) is 0 Å². The van der Waals surface area contributed by atoms with Crippen LogP contribution in [0.5, 0.6) is 0 Å². The van der Waals surface area contributed by atoms with E-state index in [4.69, 9.17) is 4.74 Å². The van der Waals surface area contributed by atoms with Gasteiger partial charge in [-0.25, -0.2) is 0 Å². The monoisotopic (exact) mass is 244 g/mol. The van der Waals surface area contributed by atoms with Crippen LogP contribution >= 0.6 is 0 Å². The summed E-state index contributed by atoms with van der Waals surface area (Å²) < 4.78 is 8.08. The molecule has 3 nitrogen and oxygen atoms in total. The van der Waals surface area contributed by atoms with Crippen LogP contribution < -0.4 is 5.32 Å². The van der Waals surface area contributed by atoms with E-state index in [0.717, 1.165) is 19.7 Å². The first-order chi connectivity index (χ1) is 8.68. The first-order valence-electron chi connectivity index (χ1n) is 6.56. The summed E-state index contributed by atoms with van der Waals surface area (Å²) in [6.07, 6.45) is 0.197. The molecule has 3 heteroatoms. The van der Waals surface area contributed by atoms with E-state index in [2.05, 4.69) is 49.0 Å². The maximum absolute atomic E-state index is 5.82. The molecular weight excluding hydrogens is 224 g/mol. The number of ether oxygens (including phenoxy) is 1. The van der Waals surface area contributed by atoms with Crippen LogP contribution in [0.2, 0.25) is 0 Å². The van der Waals surface area contributed by atoms with Gasteiger partial charge < -0.3 is 14.6 Å². The van der Waals surface area contributed by atoms with E-state index in [1.165, 1.54) is 27.7 Å². The van der Waals surface area contributed by atoms with E-state index in [1.54, 1.807) is 0 Å². The highest BCUT2D eigenvalue weighted by Crippen LogP contribution is 2.28. The van der Waals surface area contributed by atoms with Crippen molar-refractivity contribution in [1.82, 2.24) is 9.88 Å². The molecule has 18 heavy (non-hydrogen) atoms. The lowest BCUT2D eigenvalue weighted by Crippen LogP contribution is -2.33. The highest BCUT2D eigenvalue weighted by molar-refractivity contribution is 5.86. The summed E-state index contributed by atoms with van der Waals surface area (Å²) in [5, 5.41) is 4.73. The van der Waals surface area contributed by atoms with Crippen LogP contribution in [0.15, 0.2) is 18.2 Å². The van der Waals surface area contributed by atoms with Gasteiger partial charge in [0.15, 0.2) is 0 Å². The second-order valence-electron chi connectivity index (χ2n) is 5.11. The van der Waals surface area contributed by atoms with Crippen LogP contribution in [0.25, 0.3) is 10.9 Å². The predicted octanol–water partition coefficient (Wildman–Crippen LogP) is 2.46. The van der Waals surface area contributed by atoms with Crippen LogP contribution in [0, 0.1) is 13.8 Å². The summed E-state index contributed by atoms with van der Waals surface area (Å²) >= 11 is 0. The number of hydrogen-bond acceptors (Lipinski definition) is 2. The van der Waals surface area contributed by atoms with E-state index in [9.17, 15) is 0 Å². The Bertz CT molecular complexity index is 580. The minimum absolute atomic E-state index is 0.197. The van der Waals surface area contributed by atoms with Crippen molar-refractivity contribution < 1.29 is 4.74 Å². The summed E-state index contributed by atoms with van der Waals surface area (Å²) in [4.78, 5) is 0. The third kappa shape index (κ3) is 1.74. The number of rotatable bonds is 1. The molecule has 1 aromatic heterocycles. The quantitative estimate of drug-likeness (QED) is 0.834. The van der Waals surface area contributed by atoms with Gasteiger partial charge in [-0.1, -0.05) is 6.07 Å². The molecule has 0 amide bonds. The zero-order valence-electron chi connectivity index (χ0n) is 11.3. The molecule has 1 unspecified atom stereocenters. The van der Waals surface area contributed by atoms with Gasteiger partial charge in [-0.3, -0.25) is 0 Å². The Balaban J connectivity index is 2.07. The Morgan fingerprint density at radius 3 is 2.89 bits per heavy atom. The summed E-state index contributed by atoms with van der Waals surface area (Å²) in [5.74, 6) is 0. The topological polar surface area (TPSA) is 26.2 Å². The number of morpholine rings is 1. The van der Waals surface area contributed by atoms with E-state index in [-0.39, 0.29) is 6.10 Å². The van der Waals surface area contributed by atoms with Gasteiger partial charge in [-0.2, -0.15) is 0 Å². The summed E-state index contributed by atoms with van der Waals surface area (Å²) in [6.45, 7) is 7.04. The summed E-state index contributed by atoms with van der Waals surface area (Å²) in [7, 11) is 2.13. The number of aromatic nitrogens is 1. The average molecular weight is 244 g/mol. The molecule has 1 saturated heterocycles. The standard InChI is InChI=1S/C15H20N2O/c1-10-11(2)17(3)14-5-4-12(8-13(10)14)15-9-16-6-7-18-15/h4-5,8,15-16H,6-7,9H2,1-3H3. The number of benzene rings is 1. The molecule has 1 aliphatic rings. The molecule has 2 aromatic rings. The lowest BCUT2D eigenvalue weighted by Gasteiger charge is -2.24. The molecule has 3 rings (SSSR count). The van der Waals surface area contributed by atoms with Crippen LogP contribution in [0.3, 0.4) is 0 Å². The first kappa shape index (κ1) is 11.8. The van der Waals surface area contributed by atoms with Crippen molar-refractivity contribution in [3.63, 3.8) is 0 Å². The Kier molecular flexibility index (Phi) is 2.88. The zero-order valence-corrected chi connectivity index (χ0v) is 11.3. The molecule has 1 fully saturated rings. The van der Waals surface area contributed by atoms with E-state index < -0.39 is 0 Å². The molecular formula is C15H20N2O. The molecule has 0 saturated carbocycles. The molecule has 2 heterocycles. The maximum atomic E-state index is 5.82. The third-order valence-electron chi connectivity index (χ3n) is 4.13. The van der Waals surface area contributed by atoms with Crippen LogP contribution in [-0.4, -0.2) is 24.3 Å². The highest BCUT2D eigenvalue weighted by Gasteiger charge is 2.17. The van der Waals surface area contributed by atoms with Crippen molar-refractivity contribution >= 4 is 10.9 Å². The molecule has 0 spiro atoms. The molecule has 0 aliphatic carbocycles. The van der Waals surface area contributed by atoms with Gasteiger partial charge in [0.05, 0.1) is 12.7 Å². The molecule has 1 N–H and O–H groups in total. The minimum atomic E-state index is 0.197. The van der Waals surface area contributed by atoms with E-state index in [1.807, 2.05) is 0 Å². The predicted molar refractivity (Wildman–Crippen MR) is 74.0 cm³/mol. The molecule has 1 aliphatic heterocycles. The third-order valence-corrected chi connectivity index (χ3v) is 4.13. The van der Waals surface area contributed by atoms with E-state index in [0.29, 0.717) is 0 Å². The highest BCUT2D eigenvalue weighted by atomic mass is 16.5. The fourth-order valence-corrected chi connectivity index (χ4v) is 2.75. The van der Waals surface area contributed by atoms with Gasteiger partial charge in [-0.15, -0.1) is 0 Å². The van der Waals surface area contributed by atoms with Crippen LogP contribution in [0.1, 0.15) is 22.9 Å². The average Bonchev–Trinajstić information content (AvgIpc) is 2.65. The van der Waals surface area contributed by atoms with Crippen molar-refractivity contribution in [2.75, 3.05) is 19.7 Å². The lowest BCUT2D eigenvalue weighted by molar-refractivity contribution is 0.0278. The number of fused-ring (bicyclic) bond motifs is 1. The Hall–Kier alpha value is -1.32. The van der Waals surface area contributed by atoms with Crippen molar-refractivity contribution in [2.45, 2.75) is 20.0 Å². The van der Waals surface area contributed by atoms with Crippen LogP contribution in [-0.2, 0) is 11.8 Å². The zero-order chi connectivity index (χ0) is 12.7. The SMILES string of the molecule is Cc1c(C)n(C)c2ccc(C3CNCCO3)cc12. The minimum Gasteiger partial charge on any atom is -0.371 e.